The predicted molar refractivity (Wildman–Crippen MR) is 116 cm³/mol. The Kier molecular flexibility index (Phi) is 11.1. The van der Waals surface area contributed by atoms with Gasteiger partial charge in [-0.1, -0.05) is 42.3 Å². The van der Waals surface area contributed by atoms with Crippen LogP contribution in [0.4, 0.5) is 0 Å². The van der Waals surface area contributed by atoms with E-state index >= 15 is 0 Å². The summed E-state index contributed by atoms with van der Waals surface area (Å²) in [5.41, 5.74) is 4.67. The molecule has 5 heteroatoms. The Balaban J connectivity index is 0.00000182. The average Bonchev–Trinajstić information content (AvgIpc) is 2.95. The van der Waals surface area contributed by atoms with Crippen LogP contribution in [0.15, 0.2) is 48.6 Å². The van der Waals surface area contributed by atoms with Crippen LogP contribution in [0.2, 0.25) is 5.02 Å². The molecule has 1 aromatic heterocycles. The Labute approximate surface area is 205 Å². The number of nitrogens with zero attached hydrogens (tertiary/aromatic N) is 1. The summed E-state index contributed by atoms with van der Waals surface area (Å²) in [7, 11) is 0. The fraction of sp³-hybridized carbons (Fsp3) is 0.227. The van der Waals surface area contributed by atoms with E-state index in [2.05, 4.69) is 54.5 Å². The van der Waals surface area contributed by atoms with Crippen molar-refractivity contribution in [2.45, 2.75) is 26.3 Å². The van der Waals surface area contributed by atoms with Crippen LogP contribution >= 0.6 is 22.9 Å². The molecule has 1 N–H and O–H groups in total. The third kappa shape index (κ3) is 7.84. The molecule has 2 nitrogen and oxygen atoms in total. The Morgan fingerprint density at radius 2 is 2.00 bits per heavy atom. The molecule has 0 aliphatic rings. The Morgan fingerprint density at radius 1 is 1.19 bits per heavy atom. The van der Waals surface area contributed by atoms with Gasteiger partial charge < -0.3 is 12.7 Å². The molecule has 0 saturated carbocycles. The van der Waals surface area contributed by atoms with Crippen molar-refractivity contribution in [1.82, 2.24) is 10.3 Å². The molecule has 0 aliphatic heterocycles. The molecule has 0 fully saturated rings. The van der Waals surface area contributed by atoms with E-state index in [1.54, 1.807) is 11.3 Å². The molecule has 0 unspecified atom stereocenters. The molecule has 0 aliphatic carbocycles. The maximum absolute atomic E-state index is 6.02. The molecule has 0 amide bonds. The summed E-state index contributed by atoms with van der Waals surface area (Å²) in [6, 6.07) is 12.3. The molecule has 3 aromatic rings. The Hall–Kier alpha value is -0.433. The van der Waals surface area contributed by atoms with Crippen molar-refractivity contribution in [3.63, 3.8) is 0 Å². The van der Waals surface area contributed by atoms with E-state index in [4.69, 9.17) is 11.6 Å². The van der Waals surface area contributed by atoms with Gasteiger partial charge in [-0.3, -0.25) is 0 Å². The number of hydrogen-bond donors (Lipinski definition) is 1. The second-order valence-corrected chi connectivity index (χ2v) is 7.74. The first-order valence-corrected chi connectivity index (χ1v) is 9.63. The van der Waals surface area contributed by atoms with Crippen LogP contribution in [0.25, 0.3) is 10.2 Å². The van der Waals surface area contributed by atoms with E-state index < -0.39 is 0 Å². The second kappa shape index (κ2) is 12.2. The molecule has 1 radical (unpaired) electrons. The summed E-state index contributed by atoms with van der Waals surface area (Å²) in [5.74, 6) is 0. The normalized spacial score (nSPS) is 10.7. The first kappa shape index (κ1) is 24.6. The quantitative estimate of drug-likeness (QED) is 0.227. The van der Waals surface area contributed by atoms with Crippen molar-refractivity contribution in [3.8, 4) is 0 Å². The first-order chi connectivity index (χ1) is 12.1. The molecule has 2 aromatic carbocycles. The minimum absolute atomic E-state index is 0. The van der Waals surface area contributed by atoms with E-state index in [9.17, 15) is 0 Å². The largest absolute Gasteiger partial charge is 3.00 e. The maximum atomic E-state index is 6.02. The fourth-order valence-corrected chi connectivity index (χ4v) is 4.02. The van der Waals surface area contributed by atoms with Crippen LogP contribution in [0.3, 0.4) is 0 Å². The number of nitrogens with one attached hydrogen (secondary N) is 1. The summed E-state index contributed by atoms with van der Waals surface area (Å²) < 4.78 is 1.15. The van der Waals surface area contributed by atoms with Crippen molar-refractivity contribution in [1.29, 1.82) is 0 Å². The minimum Gasteiger partial charge on any atom is -0.358 e. The Bertz CT molecular complexity index is 869. The molecule has 27 heavy (non-hydrogen) atoms. The van der Waals surface area contributed by atoms with Crippen molar-refractivity contribution >= 4 is 33.2 Å². The van der Waals surface area contributed by atoms with Crippen molar-refractivity contribution in [3.05, 3.63) is 89.6 Å². The van der Waals surface area contributed by atoms with Gasteiger partial charge in [0.15, 0.2) is 0 Å². The number of hydrogen-bond acceptors (Lipinski definition) is 3. The molecule has 1 heterocycles. The molecular formula is C22H25CeClN2S+. The van der Waals surface area contributed by atoms with Gasteiger partial charge in [-0.15, -0.1) is 16.9 Å². The zero-order valence-corrected chi connectivity index (χ0v) is 20.6. The molecular weight excluding hydrogens is 500 g/mol. The third-order valence-corrected chi connectivity index (χ3v) is 5.14. The van der Waals surface area contributed by atoms with Crippen LogP contribution in [0.5, 0.6) is 0 Å². The van der Waals surface area contributed by atoms with Gasteiger partial charge >= 0.3 is 41.7 Å². The van der Waals surface area contributed by atoms with Gasteiger partial charge in [0.25, 0.3) is 0 Å². The van der Waals surface area contributed by atoms with Crippen LogP contribution in [-0.4, -0.2) is 11.5 Å². The number of allylic oxidation sites excluding steroid dienone is 1. The SMILES string of the molecule is [CH2-]c1cc(C)cc(CNCC/C=C/Cc2nc3ccc(Cl)cc3s2)c1.[CH3-].[Ce+3]. The standard InChI is InChI=1S/C21H22ClN2S.CH3.Ce/c1-15-10-16(2)12-17(11-15)14-23-9-5-3-4-6-21-24-19-8-7-18(22)13-20(19)25-21;;/h3-4,7-8,10-13,23H,1,5-6,9,14H2,2H3;1H3;/q2*-1;+3/b4-3+;;. The smallest absolute Gasteiger partial charge is 0.358 e. The number of fused-ring (bicyclic) bond motifs is 1. The average molecular weight is 525 g/mol. The van der Waals surface area contributed by atoms with Crippen LogP contribution in [0, 0.1) is 63.0 Å². The fourth-order valence-electron chi connectivity index (χ4n) is 2.80. The van der Waals surface area contributed by atoms with Gasteiger partial charge in [0, 0.05) is 18.0 Å². The summed E-state index contributed by atoms with van der Waals surface area (Å²) >= 11 is 7.73. The third-order valence-electron chi connectivity index (χ3n) is 3.87. The second-order valence-electron chi connectivity index (χ2n) is 6.19. The molecule has 0 spiro atoms. The van der Waals surface area contributed by atoms with Gasteiger partial charge in [0.1, 0.15) is 0 Å². The van der Waals surface area contributed by atoms with Gasteiger partial charge in [0.2, 0.25) is 0 Å². The number of halogens is 1. The predicted octanol–water partition coefficient (Wildman–Crippen LogP) is 6.17. The minimum atomic E-state index is 0. The van der Waals surface area contributed by atoms with E-state index in [1.165, 1.54) is 11.1 Å². The van der Waals surface area contributed by atoms with Crippen LogP contribution in [0.1, 0.15) is 28.1 Å². The number of aromatic nitrogens is 1. The van der Waals surface area contributed by atoms with Crippen LogP contribution in [-0.2, 0) is 13.0 Å². The number of rotatable bonds is 7. The van der Waals surface area contributed by atoms with Gasteiger partial charge in [-0.25, -0.2) is 4.98 Å². The summed E-state index contributed by atoms with van der Waals surface area (Å²) in [4.78, 5) is 4.63. The monoisotopic (exact) mass is 524 g/mol. The van der Waals surface area contributed by atoms with Gasteiger partial charge in [0.05, 0.1) is 15.2 Å². The Morgan fingerprint density at radius 3 is 2.78 bits per heavy atom. The van der Waals surface area contributed by atoms with E-state index in [-0.39, 0.29) is 49.2 Å². The summed E-state index contributed by atoms with van der Waals surface area (Å²) in [5, 5.41) is 5.37. The number of thiazole rings is 1. The molecule has 139 valence electrons. The number of benzene rings is 2. The molecule has 0 saturated heterocycles. The molecule has 0 bridgehead atoms. The first-order valence-electron chi connectivity index (χ1n) is 8.43. The van der Waals surface area contributed by atoms with Crippen LogP contribution < -0.4 is 5.32 Å². The van der Waals surface area contributed by atoms with Gasteiger partial charge in [-0.2, -0.15) is 24.6 Å². The van der Waals surface area contributed by atoms with E-state index in [0.717, 1.165) is 51.7 Å². The molecule has 3 rings (SSSR count). The summed E-state index contributed by atoms with van der Waals surface area (Å²) in [6.45, 7) is 7.97. The van der Waals surface area contributed by atoms with Crippen molar-refractivity contribution in [2.75, 3.05) is 6.54 Å². The molecule has 0 atom stereocenters. The summed E-state index contributed by atoms with van der Waals surface area (Å²) in [6.07, 6.45) is 6.30. The van der Waals surface area contributed by atoms with Crippen molar-refractivity contribution < 1.29 is 41.7 Å². The van der Waals surface area contributed by atoms with E-state index in [0.29, 0.717) is 0 Å². The van der Waals surface area contributed by atoms with Gasteiger partial charge in [-0.05, 0) is 31.2 Å². The zero-order chi connectivity index (χ0) is 17.6. The number of aryl methyl sites for hydroxylation is 1. The topological polar surface area (TPSA) is 24.9 Å². The van der Waals surface area contributed by atoms with E-state index in [1.807, 2.05) is 18.2 Å². The maximum Gasteiger partial charge on any atom is 3.00 e. The zero-order valence-electron chi connectivity index (χ0n) is 15.9. The van der Waals surface area contributed by atoms with Crippen molar-refractivity contribution in [2.24, 2.45) is 0 Å².